The minimum absolute atomic E-state index is 0.0342. The summed E-state index contributed by atoms with van der Waals surface area (Å²) in [4.78, 5) is 14.1. The molecule has 24 heavy (non-hydrogen) atoms. The molecule has 2 heterocycles. The molecule has 0 aliphatic heterocycles. The van der Waals surface area contributed by atoms with Gasteiger partial charge in [-0.1, -0.05) is 25.9 Å². The Morgan fingerprint density at radius 2 is 2.12 bits per heavy atom. The van der Waals surface area contributed by atoms with Crippen molar-refractivity contribution >= 4 is 11.8 Å². The Hall–Kier alpha value is -2.35. The lowest BCUT2D eigenvalue weighted by Gasteiger charge is -2.23. The van der Waals surface area contributed by atoms with Crippen molar-refractivity contribution in [1.82, 2.24) is 25.2 Å². The molecule has 0 saturated heterocycles. The second kappa shape index (κ2) is 7.04. The van der Waals surface area contributed by atoms with Gasteiger partial charge in [-0.05, 0) is 14.1 Å². The van der Waals surface area contributed by atoms with Crippen LogP contribution in [0.3, 0.4) is 0 Å². The zero-order valence-corrected chi connectivity index (χ0v) is 15.1. The van der Waals surface area contributed by atoms with Gasteiger partial charge in [-0.3, -0.25) is 10.00 Å². The molecule has 2 aromatic rings. The van der Waals surface area contributed by atoms with Crippen molar-refractivity contribution in [3.63, 3.8) is 0 Å². The van der Waals surface area contributed by atoms with Crippen LogP contribution in [0.2, 0.25) is 0 Å². The number of amides is 2. The quantitative estimate of drug-likeness (QED) is 0.874. The van der Waals surface area contributed by atoms with Crippen LogP contribution >= 0.6 is 0 Å². The molecule has 1 atom stereocenters. The van der Waals surface area contributed by atoms with Gasteiger partial charge < -0.3 is 14.7 Å². The molecule has 0 spiro atoms. The maximum Gasteiger partial charge on any atom is 0.320 e. The first-order valence-corrected chi connectivity index (χ1v) is 7.84. The van der Waals surface area contributed by atoms with Gasteiger partial charge in [0.1, 0.15) is 5.76 Å². The average Bonchev–Trinajstić information content (AvgIpc) is 3.07. The van der Waals surface area contributed by atoms with E-state index in [1.807, 2.05) is 53.0 Å². The summed E-state index contributed by atoms with van der Waals surface area (Å²) in [5.41, 5.74) is 0.888. The predicted octanol–water partition coefficient (Wildman–Crippen LogP) is 2.13. The van der Waals surface area contributed by atoms with Gasteiger partial charge in [0.2, 0.25) is 0 Å². The Morgan fingerprint density at radius 3 is 2.62 bits per heavy atom. The molecule has 0 bridgehead atoms. The number of carbonyl (C=O) groups is 1. The number of hydrogen-bond acceptors (Lipinski definition) is 5. The van der Waals surface area contributed by atoms with Crippen LogP contribution < -0.4 is 10.6 Å². The molecule has 0 fully saturated rings. The number of hydrogen-bond donors (Lipinski definition) is 2. The van der Waals surface area contributed by atoms with Gasteiger partial charge in [0.25, 0.3) is 0 Å². The number of urea groups is 1. The standard InChI is InChI=1S/C16H26N6O2/c1-16(2,3)13-7-14(20-24-13)19-15(23)17-9-12(21(4)5)11-8-18-22(6)10-11/h7-8,10,12H,9H2,1-6H3,(H2,17,19,20,23)/t12-/m1/s1. The summed E-state index contributed by atoms with van der Waals surface area (Å²) >= 11 is 0. The van der Waals surface area contributed by atoms with Crippen molar-refractivity contribution in [1.29, 1.82) is 0 Å². The predicted molar refractivity (Wildman–Crippen MR) is 91.9 cm³/mol. The van der Waals surface area contributed by atoms with Crippen LogP contribution in [0, 0.1) is 0 Å². The molecule has 8 heteroatoms. The first-order chi connectivity index (χ1) is 11.2. The van der Waals surface area contributed by atoms with Gasteiger partial charge in [-0.15, -0.1) is 0 Å². The van der Waals surface area contributed by atoms with Gasteiger partial charge >= 0.3 is 6.03 Å². The second-order valence-corrected chi connectivity index (χ2v) is 7.09. The van der Waals surface area contributed by atoms with Crippen LogP contribution in [0.5, 0.6) is 0 Å². The van der Waals surface area contributed by atoms with E-state index in [0.29, 0.717) is 12.4 Å². The van der Waals surface area contributed by atoms with Crippen molar-refractivity contribution in [2.75, 3.05) is 26.0 Å². The molecule has 0 saturated carbocycles. The molecular formula is C16H26N6O2. The summed E-state index contributed by atoms with van der Waals surface area (Å²) in [7, 11) is 5.79. The summed E-state index contributed by atoms with van der Waals surface area (Å²) < 4.78 is 7.00. The van der Waals surface area contributed by atoms with E-state index >= 15 is 0 Å². The number of nitrogens with zero attached hydrogens (tertiary/aromatic N) is 4. The minimum Gasteiger partial charge on any atom is -0.359 e. The van der Waals surface area contributed by atoms with Crippen LogP contribution in [0.4, 0.5) is 10.6 Å². The third kappa shape index (κ3) is 4.58. The maximum atomic E-state index is 12.1. The van der Waals surface area contributed by atoms with Crippen molar-refractivity contribution in [2.45, 2.75) is 32.2 Å². The Kier molecular flexibility index (Phi) is 5.28. The van der Waals surface area contributed by atoms with E-state index < -0.39 is 0 Å². The highest BCUT2D eigenvalue weighted by atomic mass is 16.5. The Morgan fingerprint density at radius 1 is 1.42 bits per heavy atom. The van der Waals surface area contributed by atoms with E-state index in [0.717, 1.165) is 11.3 Å². The lowest BCUT2D eigenvalue weighted by Crippen LogP contribution is -2.36. The van der Waals surface area contributed by atoms with Crippen LogP contribution in [0.15, 0.2) is 23.0 Å². The lowest BCUT2D eigenvalue weighted by atomic mass is 9.93. The van der Waals surface area contributed by atoms with Crippen molar-refractivity contribution in [3.05, 3.63) is 29.8 Å². The first kappa shape index (κ1) is 18.0. The molecule has 0 radical (unpaired) electrons. The van der Waals surface area contributed by atoms with E-state index in [1.165, 1.54) is 0 Å². The molecule has 8 nitrogen and oxygen atoms in total. The third-order valence-electron chi connectivity index (χ3n) is 3.68. The highest BCUT2D eigenvalue weighted by molar-refractivity contribution is 5.88. The maximum absolute atomic E-state index is 12.1. The van der Waals surface area contributed by atoms with Crippen LogP contribution in [-0.4, -0.2) is 46.5 Å². The average molecular weight is 334 g/mol. The number of anilines is 1. The van der Waals surface area contributed by atoms with Crippen molar-refractivity contribution in [2.24, 2.45) is 7.05 Å². The Labute approximate surface area is 142 Å². The smallest absolute Gasteiger partial charge is 0.320 e. The van der Waals surface area contributed by atoms with Gasteiger partial charge in [0, 0.05) is 36.8 Å². The highest BCUT2D eigenvalue weighted by Gasteiger charge is 2.21. The van der Waals surface area contributed by atoms with Crippen LogP contribution in [0.25, 0.3) is 0 Å². The molecule has 2 rings (SSSR count). The summed E-state index contributed by atoms with van der Waals surface area (Å²) in [6.07, 6.45) is 3.75. The fraction of sp³-hybridized carbons (Fsp3) is 0.562. The first-order valence-electron chi connectivity index (χ1n) is 7.84. The Bertz CT molecular complexity index is 683. The lowest BCUT2D eigenvalue weighted by molar-refractivity contribution is 0.243. The van der Waals surface area contributed by atoms with E-state index in [-0.39, 0.29) is 17.5 Å². The largest absolute Gasteiger partial charge is 0.359 e. The fourth-order valence-corrected chi connectivity index (χ4v) is 2.25. The van der Waals surface area contributed by atoms with Crippen LogP contribution in [0.1, 0.15) is 38.1 Å². The summed E-state index contributed by atoms with van der Waals surface area (Å²) in [6.45, 7) is 6.52. The molecule has 0 aromatic carbocycles. The fourth-order valence-electron chi connectivity index (χ4n) is 2.25. The molecular weight excluding hydrogens is 308 g/mol. The number of rotatable bonds is 5. The number of aromatic nitrogens is 3. The zero-order valence-electron chi connectivity index (χ0n) is 15.1. The van der Waals surface area contributed by atoms with Gasteiger partial charge in [-0.2, -0.15) is 5.10 Å². The topological polar surface area (TPSA) is 88.2 Å². The number of carbonyl (C=O) groups excluding carboxylic acids is 1. The zero-order chi connectivity index (χ0) is 17.9. The van der Waals surface area contributed by atoms with E-state index in [1.54, 1.807) is 16.9 Å². The number of likely N-dealkylation sites (N-methyl/N-ethyl adjacent to an activating group) is 1. The number of aryl methyl sites for hydroxylation is 1. The third-order valence-corrected chi connectivity index (χ3v) is 3.68. The molecule has 2 amide bonds. The normalized spacial score (nSPS) is 13.1. The Balaban J connectivity index is 1.93. The van der Waals surface area contributed by atoms with E-state index in [9.17, 15) is 4.79 Å². The minimum atomic E-state index is -0.320. The SMILES string of the molecule is CN(C)[C@H](CNC(=O)Nc1cc(C(C)(C)C)on1)c1cnn(C)c1. The van der Waals surface area contributed by atoms with Gasteiger partial charge in [-0.25, -0.2) is 4.79 Å². The second-order valence-electron chi connectivity index (χ2n) is 7.09. The molecule has 0 aliphatic rings. The summed E-state index contributed by atoms with van der Waals surface area (Å²) in [5, 5.41) is 13.6. The van der Waals surface area contributed by atoms with Crippen LogP contribution in [-0.2, 0) is 12.5 Å². The monoisotopic (exact) mass is 334 g/mol. The van der Waals surface area contributed by atoms with Crippen molar-refractivity contribution in [3.8, 4) is 0 Å². The molecule has 0 aliphatic carbocycles. The molecule has 2 aromatic heterocycles. The van der Waals surface area contributed by atoms with E-state index in [4.69, 9.17) is 4.52 Å². The summed E-state index contributed by atoms with van der Waals surface area (Å²) in [5.74, 6) is 1.12. The van der Waals surface area contributed by atoms with Crippen molar-refractivity contribution < 1.29 is 9.32 Å². The van der Waals surface area contributed by atoms with E-state index in [2.05, 4.69) is 20.9 Å². The highest BCUT2D eigenvalue weighted by Crippen LogP contribution is 2.24. The van der Waals surface area contributed by atoms with Gasteiger partial charge in [0.15, 0.2) is 5.82 Å². The molecule has 0 unspecified atom stereocenters. The molecule has 132 valence electrons. The number of nitrogens with one attached hydrogen (secondary N) is 2. The van der Waals surface area contributed by atoms with Gasteiger partial charge in [0.05, 0.1) is 12.2 Å². The molecule has 2 N–H and O–H groups in total. The summed E-state index contributed by atoms with van der Waals surface area (Å²) in [6, 6.07) is 1.45.